The lowest BCUT2D eigenvalue weighted by atomic mass is 9.92. The van der Waals surface area contributed by atoms with E-state index in [1.165, 1.54) is 19.3 Å². The third-order valence-electron chi connectivity index (χ3n) is 5.66. The number of nitrogens with zero attached hydrogens (tertiary/aromatic N) is 2. The molecule has 2 saturated carbocycles. The van der Waals surface area contributed by atoms with Crippen molar-refractivity contribution in [3.63, 3.8) is 0 Å². The normalized spacial score (nSPS) is 19.0. The largest absolute Gasteiger partial charge is 0.497 e. The molecule has 4 heteroatoms. The first-order valence-corrected chi connectivity index (χ1v) is 9.49. The summed E-state index contributed by atoms with van der Waals surface area (Å²) in [5.41, 5.74) is 0.862. The highest BCUT2D eigenvalue weighted by atomic mass is 16.5. The summed E-state index contributed by atoms with van der Waals surface area (Å²) < 4.78 is 5.26. The highest BCUT2D eigenvalue weighted by molar-refractivity contribution is 5.77. The highest BCUT2D eigenvalue weighted by Gasteiger charge is 2.46. The van der Waals surface area contributed by atoms with Crippen LogP contribution in [0.3, 0.4) is 0 Å². The van der Waals surface area contributed by atoms with Gasteiger partial charge in [-0.15, -0.1) is 0 Å². The van der Waals surface area contributed by atoms with Crippen molar-refractivity contribution in [3.8, 4) is 11.8 Å². The van der Waals surface area contributed by atoms with Gasteiger partial charge in [-0.3, -0.25) is 4.79 Å². The summed E-state index contributed by atoms with van der Waals surface area (Å²) in [6.07, 6.45) is 8.95. The van der Waals surface area contributed by atoms with Crippen LogP contribution in [-0.2, 0) is 11.2 Å². The fourth-order valence-electron chi connectivity index (χ4n) is 3.82. The number of hydrogen-bond donors (Lipinski definition) is 0. The zero-order valence-corrected chi connectivity index (χ0v) is 15.2. The second-order valence-electron chi connectivity index (χ2n) is 7.56. The molecule has 25 heavy (non-hydrogen) atoms. The minimum Gasteiger partial charge on any atom is -0.497 e. The summed E-state index contributed by atoms with van der Waals surface area (Å²) in [4.78, 5) is 15.0. The van der Waals surface area contributed by atoms with Gasteiger partial charge in [0.2, 0.25) is 5.91 Å². The molecule has 3 rings (SSSR count). The molecule has 0 saturated heterocycles. The van der Waals surface area contributed by atoms with Crippen LogP contribution >= 0.6 is 0 Å². The zero-order chi connectivity index (χ0) is 17.7. The molecule has 0 heterocycles. The molecule has 1 amide bonds. The van der Waals surface area contributed by atoms with E-state index in [1.54, 1.807) is 7.11 Å². The first kappa shape index (κ1) is 17.8. The number of ether oxygens (including phenoxy) is 1. The molecule has 2 aliphatic rings. The van der Waals surface area contributed by atoms with Crippen LogP contribution in [0.2, 0.25) is 0 Å². The Hall–Kier alpha value is -2.02. The van der Waals surface area contributed by atoms with E-state index in [-0.39, 0.29) is 11.3 Å². The lowest BCUT2D eigenvalue weighted by molar-refractivity contribution is -0.134. The van der Waals surface area contributed by atoms with Gasteiger partial charge in [0.25, 0.3) is 0 Å². The van der Waals surface area contributed by atoms with Crippen molar-refractivity contribution in [2.24, 2.45) is 5.41 Å². The zero-order valence-electron chi connectivity index (χ0n) is 15.2. The van der Waals surface area contributed by atoms with Crippen molar-refractivity contribution in [1.29, 1.82) is 5.26 Å². The van der Waals surface area contributed by atoms with Crippen LogP contribution in [0.5, 0.6) is 5.75 Å². The van der Waals surface area contributed by atoms with E-state index < -0.39 is 0 Å². The van der Waals surface area contributed by atoms with Crippen LogP contribution in [0, 0.1) is 16.7 Å². The topological polar surface area (TPSA) is 53.3 Å². The van der Waals surface area contributed by atoms with Crippen LogP contribution in [-0.4, -0.2) is 30.5 Å². The van der Waals surface area contributed by atoms with Crippen molar-refractivity contribution in [2.45, 2.75) is 63.8 Å². The maximum absolute atomic E-state index is 13.0. The molecule has 0 aromatic heterocycles. The van der Waals surface area contributed by atoms with E-state index in [9.17, 15) is 10.1 Å². The molecular formula is C21H28N2O2. The Morgan fingerprint density at radius 3 is 2.72 bits per heavy atom. The number of benzene rings is 1. The van der Waals surface area contributed by atoms with Gasteiger partial charge in [0.05, 0.1) is 18.6 Å². The second kappa shape index (κ2) is 7.91. The number of rotatable bonds is 7. The van der Waals surface area contributed by atoms with Crippen LogP contribution in [0.1, 0.15) is 56.9 Å². The molecule has 0 bridgehead atoms. The van der Waals surface area contributed by atoms with E-state index in [4.69, 9.17) is 4.74 Å². The lowest BCUT2D eigenvalue weighted by Gasteiger charge is -2.36. The molecule has 2 aliphatic carbocycles. The van der Waals surface area contributed by atoms with E-state index in [2.05, 4.69) is 11.0 Å². The average Bonchev–Trinajstić information content (AvgIpc) is 3.45. The minimum absolute atomic E-state index is 0.205. The second-order valence-corrected chi connectivity index (χ2v) is 7.56. The Labute approximate surface area is 150 Å². The number of hydrogen-bond acceptors (Lipinski definition) is 3. The SMILES string of the molecule is COc1cccc(CCC(=O)N(CC2(C#N)CC2)C2CCCCC2)c1. The Morgan fingerprint density at radius 1 is 1.32 bits per heavy atom. The van der Waals surface area contributed by atoms with Gasteiger partial charge in [-0.1, -0.05) is 31.4 Å². The van der Waals surface area contributed by atoms with Crippen molar-refractivity contribution in [3.05, 3.63) is 29.8 Å². The predicted octanol–water partition coefficient (Wildman–Crippen LogP) is 4.09. The lowest BCUT2D eigenvalue weighted by Crippen LogP contribution is -2.44. The Balaban J connectivity index is 1.64. The molecular weight excluding hydrogens is 312 g/mol. The number of amides is 1. The van der Waals surface area contributed by atoms with Crippen molar-refractivity contribution in [2.75, 3.05) is 13.7 Å². The van der Waals surface area contributed by atoms with E-state index in [0.717, 1.165) is 43.4 Å². The van der Waals surface area contributed by atoms with Gasteiger partial charge in [-0.2, -0.15) is 5.26 Å². The molecule has 0 atom stereocenters. The summed E-state index contributed by atoms with van der Waals surface area (Å²) in [6.45, 7) is 0.630. The van der Waals surface area contributed by atoms with E-state index in [1.807, 2.05) is 24.3 Å². The summed E-state index contributed by atoms with van der Waals surface area (Å²) in [6, 6.07) is 10.7. The van der Waals surface area contributed by atoms with Gasteiger partial charge in [-0.25, -0.2) is 0 Å². The van der Waals surface area contributed by atoms with Gasteiger partial charge < -0.3 is 9.64 Å². The van der Waals surface area contributed by atoms with Gasteiger partial charge in [0.15, 0.2) is 0 Å². The molecule has 1 aromatic rings. The number of carbonyl (C=O) groups excluding carboxylic acids is 1. The quantitative estimate of drug-likeness (QED) is 0.751. The standard InChI is InChI=1S/C21H28N2O2/c1-25-19-9-5-6-17(14-19)10-11-20(24)23(16-21(15-22)12-13-21)18-7-3-2-4-8-18/h5-6,9,14,18H,2-4,7-8,10-13,16H2,1H3. The third kappa shape index (κ3) is 4.54. The molecule has 134 valence electrons. The van der Waals surface area contributed by atoms with Crippen molar-refractivity contribution >= 4 is 5.91 Å². The van der Waals surface area contributed by atoms with Crippen molar-refractivity contribution in [1.82, 2.24) is 4.90 Å². The fourth-order valence-corrected chi connectivity index (χ4v) is 3.82. The Morgan fingerprint density at radius 2 is 2.08 bits per heavy atom. The number of nitriles is 1. The number of methoxy groups -OCH3 is 1. The Bertz CT molecular complexity index is 640. The van der Waals surface area contributed by atoms with E-state index in [0.29, 0.717) is 19.0 Å². The smallest absolute Gasteiger partial charge is 0.223 e. The fraction of sp³-hybridized carbons (Fsp3) is 0.619. The first-order valence-electron chi connectivity index (χ1n) is 9.49. The summed E-state index contributed by atoms with van der Waals surface area (Å²) in [5, 5.41) is 9.45. The summed E-state index contributed by atoms with van der Waals surface area (Å²) in [5.74, 6) is 1.03. The van der Waals surface area contributed by atoms with Gasteiger partial charge in [0.1, 0.15) is 5.75 Å². The first-order chi connectivity index (χ1) is 12.2. The predicted molar refractivity (Wildman–Crippen MR) is 97.2 cm³/mol. The Kier molecular flexibility index (Phi) is 5.63. The van der Waals surface area contributed by atoms with Crippen LogP contribution < -0.4 is 4.74 Å². The molecule has 2 fully saturated rings. The van der Waals surface area contributed by atoms with Gasteiger partial charge in [-0.05, 0) is 49.8 Å². The highest BCUT2D eigenvalue weighted by Crippen LogP contribution is 2.46. The molecule has 4 nitrogen and oxygen atoms in total. The van der Waals surface area contributed by atoms with Crippen LogP contribution in [0.15, 0.2) is 24.3 Å². The van der Waals surface area contributed by atoms with Crippen LogP contribution in [0.4, 0.5) is 0 Å². The van der Waals surface area contributed by atoms with Gasteiger partial charge >= 0.3 is 0 Å². The maximum Gasteiger partial charge on any atom is 0.223 e. The summed E-state index contributed by atoms with van der Waals surface area (Å²) in [7, 11) is 1.66. The number of aryl methyl sites for hydroxylation is 1. The molecule has 1 aromatic carbocycles. The number of carbonyl (C=O) groups is 1. The summed E-state index contributed by atoms with van der Waals surface area (Å²) >= 11 is 0. The molecule has 0 radical (unpaired) electrons. The molecule has 0 unspecified atom stereocenters. The maximum atomic E-state index is 13.0. The molecule has 0 N–H and O–H groups in total. The van der Waals surface area contributed by atoms with Crippen molar-refractivity contribution < 1.29 is 9.53 Å². The van der Waals surface area contributed by atoms with Crippen LogP contribution in [0.25, 0.3) is 0 Å². The van der Waals surface area contributed by atoms with E-state index >= 15 is 0 Å². The monoisotopic (exact) mass is 340 g/mol. The average molecular weight is 340 g/mol. The third-order valence-corrected chi connectivity index (χ3v) is 5.66. The molecule has 0 aliphatic heterocycles. The minimum atomic E-state index is -0.261. The van der Waals surface area contributed by atoms with Gasteiger partial charge in [0, 0.05) is 19.0 Å². The molecule has 0 spiro atoms.